The van der Waals surface area contributed by atoms with Crippen molar-refractivity contribution < 1.29 is 26.0 Å². The van der Waals surface area contributed by atoms with Crippen LogP contribution < -0.4 is 5.32 Å². The SMILES string of the molecule is CSSC.CSSC.CSSC.C[C@@H](CCCCNC(=O)CCCCCCCCCCCCCCC(=O)O)C(=O)O.[HH]. The Morgan fingerprint density at radius 1 is 0.561 bits per heavy atom. The smallest absolute Gasteiger partial charge is 0.306 e. The van der Waals surface area contributed by atoms with E-state index in [4.69, 9.17) is 10.2 Å². The lowest BCUT2D eigenvalue weighted by Crippen LogP contribution is -2.24. The van der Waals surface area contributed by atoms with Gasteiger partial charge in [0.25, 0.3) is 0 Å². The molecule has 0 aromatic heterocycles. The first-order chi connectivity index (χ1) is 19.7. The number of hydrogen-bond acceptors (Lipinski definition) is 9. The summed E-state index contributed by atoms with van der Waals surface area (Å²) in [6, 6.07) is 0. The van der Waals surface area contributed by atoms with Gasteiger partial charge in [-0.15, -0.1) is 0 Å². The molecular weight excluding hydrogens is 635 g/mol. The van der Waals surface area contributed by atoms with E-state index in [0.29, 0.717) is 25.8 Å². The monoisotopic (exact) mass is 697 g/mol. The highest BCUT2D eigenvalue weighted by molar-refractivity contribution is 8.76. The van der Waals surface area contributed by atoms with Gasteiger partial charge in [0.15, 0.2) is 0 Å². The van der Waals surface area contributed by atoms with E-state index in [1.54, 1.807) is 71.7 Å². The average molecular weight is 698 g/mol. The van der Waals surface area contributed by atoms with E-state index >= 15 is 0 Å². The molecule has 0 radical (unpaired) electrons. The van der Waals surface area contributed by atoms with Crippen LogP contribution in [0.2, 0.25) is 0 Å². The van der Waals surface area contributed by atoms with Gasteiger partial charge in [-0.1, -0.05) is 142 Å². The summed E-state index contributed by atoms with van der Waals surface area (Å²) < 4.78 is 0. The van der Waals surface area contributed by atoms with Gasteiger partial charge in [-0.05, 0) is 63.2 Å². The fourth-order valence-corrected chi connectivity index (χ4v) is 3.34. The standard InChI is InChI=1S/C23H43NO5.3C2H6S2.H2/c1-20(23(28)29)16-14-15-19-24-21(25)17-12-10-8-6-4-2-3-5-7-9-11-13-18-22(26)27;3*1-3-4-2;/h20H,2-19H2,1H3,(H,24,25)(H,26,27)(H,28,29);3*1-2H3;1H/t20-;;;;/m0..../s1. The number of aliphatic carboxylic acids is 2. The van der Waals surface area contributed by atoms with Crippen LogP contribution in [0, 0.1) is 5.92 Å². The van der Waals surface area contributed by atoms with Crippen LogP contribution in [0.15, 0.2) is 0 Å². The van der Waals surface area contributed by atoms with Gasteiger partial charge in [0, 0.05) is 20.8 Å². The number of unbranched alkanes of at least 4 members (excludes halogenated alkanes) is 12. The lowest BCUT2D eigenvalue weighted by atomic mass is 10.0. The van der Waals surface area contributed by atoms with Gasteiger partial charge in [-0.2, -0.15) is 0 Å². The molecule has 0 saturated carbocycles. The Bertz CT molecular complexity index is 539. The Balaban J connectivity index is -0.000000295. The van der Waals surface area contributed by atoms with Crippen LogP contribution in [0.1, 0.15) is 118 Å². The molecule has 6 nitrogen and oxygen atoms in total. The number of carbonyl (C=O) groups excluding carboxylic acids is 1. The summed E-state index contributed by atoms with van der Waals surface area (Å²) in [7, 11) is 10.6. The van der Waals surface area contributed by atoms with Crippen molar-refractivity contribution in [2.75, 3.05) is 44.1 Å². The summed E-state index contributed by atoms with van der Waals surface area (Å²) in [6.45, 7) is 2.36. The summed E-state index contributed by atoms with van der Waals surface area (Å²) in [5.74, 6) is -1.63. The quantitative estimate of drug-likeness (QED) is 0.0663. The van der Waals surface area contributed by atoms with Gasteiger partial charge >= 0.3 is 11.9 Å². The highest BCUT2D eigenvalue weighted by Crippen LogP contribution is 2.13. The molecule has 0 aliphatic heterocycles. The molecule has 250 valence electrons. The number of carboxylic acids is 2. The molecule has 0 rings (SSSR count). The highest BCUT2D eigenvalue weighted by Gasteiger charge is 2.09. The Labute approximate surface area is 278 Å². The molecule has 0 saturated heterocycles. The van der Waals surface area contributed by atoms with Crippen molar-refractivity contribution in [3.05, 3.63) is 0 Å². The molecule has 1 atom stereocenters. The van der Waals surface area contributed by atoms with Crippen molar-refractivity contribution in [2.45, 2.75) is 116 Å². The van der Waals surface area contributed by atoms with Crippen molar-refractivity contribution in [1.82, 2.24) is 5.32 Å². The number of rotatable bonds is 24. The zero-order chi connectivity index (χ0) is 32.0. The van der Waals surface area contributed by atoms with Crippen molar-refractivity contribution in [3.8, 4) is 0 Å². The topological polar surface area (TPSA) is 104 Å². The number of amides is 1. The first kappa shape index (κ1) is 48.4. The summed E-state index contributed by atoms with van der Waals surface area (Å²) in [4.78, 5) is 32.9. The Morgan fingerprint density at radius 2 is 0.902 bits per heavy atom. The van der Waals surface area contributed by atoms with Gasteiger partial charge in [0.1, 0.15) is 0 Å². The minimum Gasteiger partial charge on any atom is -0.481 e. The minimum atomic E-state index is -0.751. The summed E-state index contributed by atoms with van der Waals surface area (Å²) in [5.41, 5.74) is 0. The van der Waals surface area contributed by atoms with Crippen molar-refractivity contribution in [3.63, 3.8) is 0 Å². The molecule has 0 fully saturated rings. The number of nitrogens with one attached hydrogen (secondary N) is 1. The van der Waals surface area contributed by atoms with Crippen molar-refractivity contribution in [1.29, 1.82) is 0 Å². The summed E-state index contributed by atoms with van der Waals surface area (Å²) >= 11 is 0. The van der Waals surface area contributed by atoms with Crippen LogP contribution in [0.4, 0.5) is 0 Å². The zero-order valence-corrected chi connectivity index (χ0v) is 31.8. The molecule has 0 aliphatic carbocycles. The zero-order valence-electron chi connectivity index (χ0n) is 26.9. The summed E-state index contributed by atoms with van der Waals surface area (Å²) in [5, 5.41) is 20.3. The van der Waals surface area contributed by atoms with Crippen LogP contribution in [-0.2, 0) is 14.4 Å². The minimum absolute atomic E-state index is 0. The molecule has 0 aromatic carbocycles. The third-order valence-electron chi connectivity index (χ3n) is 5.85. The normalized spacial score (nSPS) is 10.6. The Morgan fingerprint density at radius 3 is 1.22 bits per heavy atom. The Hall–Kier alpha value is 0.510. The first-order valence-corrected chi connectivity index (χ1v) is 23.5. The summed E-state index contributed by atoms with van der Waals surface area (Å²) in [6.07, 6.45) is 29.3. The predicted octanol–water partition coefficient (Wildman–Crippen LogP) is 10.7. The maximum atomic E-state index is 11.7. The lowest BCUT2D eigenvalue weighted by Gasteiger charge is -2.07. The van der Waals surface area contributed by atoms with Crippen LogP contribution in [-0.4, -0.2) is 72.1 Å². The van der Waals surface area contributed by atoms with Crippen LogP contribution in [0.3, 0.4) is 0 Å². The molecule has 41 heavy (non-hydrogen) atoms. The van der Waals surface area contributed by atoms with Gasteiger partial charge in [0.2, 0.25) is 5.91 Å². The molecule has 0 heterocycles. The van der Waals surface area contributed by atoms with Crippen LogP contribution in [0.5, 0.6) is 0 Å². The van der Waals surface area contributed by atoms with E-state index < -0.39 is 11.9 Å². The van der Waals surface area contributed by atoms with Crippen LogP contribution in [0.25, 0.3) is 0 Å². The third kappa shape index (κ3) is 56.8. The van der Waals surface area contributed by atoms with E-state index in [2.05, 4.69) is 42.9 Å². The van der Waals surface area contributed by atoms with E-state index in [9.17, 15) is 14.4 Å². The largest absolute Gasteiger partial charge is 0.481 e. The van der Waals surface area contributed by atoms with Crippen LogP contribution >= 0.6 is 64.8 Å². The van der Waals surface area contributed by atoms with E-state index in [-0.39, 0.29) is 13.3 Å². The van der Waals surface area contributed by atoms with Gasteiger partial charge in [0.05, 0.1) is 5.92 Å². The van der Waals surface area contributed by atoms with E-state index in [0.717, 1.165) is 44.9 Å². The first-order valence-electron chi connectivity index (χ1n) is 14.6. The second-order valence-corrected chi connectivity index (χ2v) is 17.2. The average Bonchev–Trinajstić information content (AvgIpc) is 2.97. The second kappa shape index (κ2) is 44.9. The van der Waals surface area contributed by atoms with Crippen molar-refractivity contribution in [2.24, 2.45) is 5.92 Å². The molecule has 12 heteroatoms. The van der Waals surface area contributed by atoms with Gasteiger partial charge < -0.3 is 15.5 Å². The number of carboxylic acid groups (broad SMARTS) is 2. The van der Waals surface area contributed by atoms with Gasteiger partial charge in [-0.3, -0.25) is 14.4 Å². The van der Waals surface area contributed by atoms with E-state index in [1.165, 1.54) is 44.9 Å². The molecule has 0 bridgehead atoms. The van der Waals surface area contributed by atoms with E-state index in [1.807, 2.05) is 0 Å². The molecule has 0 aliphatic rings. The lowest BCUT2D eigenvalue weighted by molar-refractivity contribution is -0.141. The third-order valence-corrected chi connectivity index (χ3v) is 9.85. The molecule has 0 spiro atoms. The van der Waals surface area contributed by atoms with Gasteiger partial charge in [-0.25, -0.2) is 0 Å². The Kier molecular flexibility index (Phi) is 53.1. The predicted molar refractivity (Wildman–Crippen MR) is 199 cm³/mol. The second-order valence-electron chi connectivity index (χ2n) is 9.22. The number of hydrogen-bond donors (Lipinski definition) is 3. The molecule has 0 unspecified atom stereocenters. The fourth-order valence-electron chi connectivity index (χ4n) is 3.34. The molecule has 1 amide bonds. The molecule has 3 N–H and O–H groups in total. The molecular formula is C29H63NO5S6. The molecule has 0 aromatic rings. The maximum absolute atomic E-state index is 11.7. The fraction of sp³-hybridized carbons (Fsp3) is 0.897. The highest BCUT2D eigenvalue weighted by atomic mass is 33.1. The number of carbonyl (C=O) groups is 3. The van der Waals surface area contributed by atoms with Crippen molar-refractivity contribution >= 4 is 82.6 Å². The maximum Gasteiger partial charge on any atom is 0.306 e.